The molecule has 1 aromatic carbocycles. The summed E-state index contributed by atoms with van der Waals surface area (Å²) in [6.07, 6.45) is 0. The predicted molar refractivity (Wildman–Crippen MR) is 76.8 cm³/mol. The lowest BCUT2D eigenvalue weighted by molar-refractivity contribution is 0.597. The Balaban J connectivity index is 2.45. The number of primary sulfonamides is 1. The van der Waals surface area contributed by atoms with Crippen LogP contribution in [0.5, 0.6) is 0 Å². The molecule has 0 saturated carbocycles. The third-order valence-electron chi connectivity index (χ3n) is 2.29. The SMILES string of the molecule is Cc1sc(CS(N)(=O)=O)nc1-c1ccccc1Br. The van der Waals surface area contributed by atoms with E-state index in [0.717, 1.165) is 20.6 Å². The average Bonchev–Trinajstić information content (AvgIpc) is 2.57. The van der Waals surface area contributed by atoms with Gasteiger partial charge in [-0.05, 0) is 13.0 Å². The lowest BCUT2D eigenvalue weighted by atomic mass is 10.1. The van der Waals surface area contributed by atoms with Crippen molar-refractivity contribution in [3.05, 3.63) is 38.6 Å². The van der Waals surface area contributed by atoms with Gasteiger partial charge in [0.1, 0.15) is 10.8 Å². The summed E-state index contributed by atoms with van der Waals surface area (Å²) in [7, 11) is -3.54. The molecular formula is C11H11BrN2O2S2. The van der Waals surface area contributed by atoms with Crippen molar-refractivity contribution in [2.45, 2.75) is 12.7 Å². The number of thiazole rings is 1. The fraction of sp³-hybridized carbons (Fsp3) is 0.182. The Morgan fingerprint density at radius 1 is 1.39 bits per heavy atom. The minimum atomic E-state index is -3.54. The summed E-state index contributed by atoms with van der Waals surface area (Å²) in [5, 5.41) is 5.54. The molecule has 0 fully saturated rings. The van der Waals surface area contributed by atoms with Crippen LogP contribution < -0.4 is 5.14 Å². The van der Waals surface area contributed by atoms with Crippen molar-refractivity contribution in [2.24, 2.45) is 5.14 Å². The van der Waals surface area contributed by atoms with Crippen molar-refractivity contribution in [3.8, 4) is 11.3 Å². The number of sulfonamides is 1. The Bertz CT molecular complexity index is 680. The van der Waals surface area contributed by atoms with Gasteiger partial charge in [0.25, 0.3) is 0 Å². The summed E-state index contributed by atoms with van der Waals surface area (Å²) >= 11 is 4.81. The van der Waals surface area contributed by atoms with Crippen LogP contribution in [0.25, 0.3) is 11.3 Å². The maximum atomic E-state index is 11.1. The zero-order valence-corrected chi connectivity index (χ0v) is 12.8. The van der Waals surface area contributed by atoms with Gasteiger partial charge in [-0.25, -0.2) is 18.5 Å². The number of aryl methyl sites for hydroxylation is 1. The standard InChI is InChI=1S/C11H11BrN2O2S2/c1-7-11(8-4-2-3-5-9(8)12)14-10(17-7)6-18(13,15)16/h2-5H,6H2,1H3,(H2,13,15,16). The number of benzene rings is 1. The van der Waals surface area contributed by atoms with Gasteiger partial charge in [0.15, 0.2) is 0 Å². The Morgan fingerprint density at radius 2 is 2.06 bits per heavy atom. The van der Waals surface area contributed by atoms with Gasteiger partial charge in [-0.2, -0.15) is 0 Å². The first-order chi connectivity index (χ1) is 8.37. The molecule has 4 nitrogen and oxygen atoms in total. The van der Waals surface area contributed by atoms with Crippen molar-refractivity contribution < 1.29 is 8.42 Å². The van der Waals surface area contributed by atoms with E-state index in [9.17, 15) is 8.42 Å². The van der Waals surface area contributed by atoms with Crippen molar-refractivity contribution in [2.75, 3.05) is 0 Å². The summed E-state index contributed by atoms with van der Waals surface area (Å²) in [5.74, 6) is -0.219. The molecule has 0 radical (unpaired) electrons. The summed E-state index contributed by atoms with van der Waals surface area (Å²) < 4.78 is 23.1. The number of halogens is 1. The van der Waals surface area contributed by atoms with E-state index < -0.39 is 10.0 Å². The lowest BCUT2D eigenvalue weighted by Gasteiger charge is -2.01. The largest absolute Gasteiger partial charge is 0.240 e. The summed E-state index contributed by atoms with van der Waals surface area (Å²) in [6, 6.07) is 7.69. The van der Waals surface area contributed by atoms with Crippen molar-refractivity contribution in [1.82, 2.24) is 4.98 Å². The molecule has 0 atom stereocenters. The molecule has 0 saturated heterocycles. The first kappa shape index (κ1) is 13.7. The molecule has 7 heteroatoms. The molecule has 0 spiro atoms. The quantitative estimate of drug-likeness (QED) is 0.928. The molecule has 96 valence electrons. The number of nitrogens with two attached hydrogens (primary N) is 1. The fourth-order valence-electron chi connectivity index (χ4n) is 1.59. The van der Waals surface area contributed by atoms with Gasteiger partial charge >= 0.3 is 0 Å². The number of hydrogen-bond donors (Lipinski definition) is 1. The summed E-state index contributed by atoms with van der Waals surface area (Å²) in [6.45, 7) is 1.92. The van der Waals surface area contributed by atoms with Gasteiger partial charge in [-0.15, -0.1) is 11.3 Å². The highest BCUT2D eigenvalue weighted by molar-refractivity contribution is 9.10. The number of nitrogens with zero attached hydrogens (tertiary/aromatic N) is 1. The Kier molecular flexibility index (Phi) is 3.86. The molecular weight excluding hydrogens is 336 g/mol. The van der Waals surface area contributed by atoms with E-state index in [0.29, 0.717) is 5.01 Å². The van der Waals surface area contributed by atoms with E-state index in [1.807, 2.05) is 31.2 Å². The van der Waals surface area contributed by atoms with Crippen LogP contribution in [0.3, 0.4) is 0 Å². The van der Waals surface area contributed by atoms with Gasteiger partial charge in [0.05, 0.1) is 5.69 Å². The third kappa shape index (κ3) is 3.17. The van der Waals surface area contributed by atoms with Crippen LogP contribution >= 0.6 is 27.3 Å². The van der Waals surface area contributed by atoms with Crippen LogP contribution in [0.4, 0.5) is 0 Å². The van der Waals surface area contributed by atoms with Gasteiger partial charge < -0.3 is 0 Å². The van der Waals surface area contributed by atoms with Crippen LogP contribution in [0.2, 0.25) is 0 Å². The second kappa shape index (κ2) is 5.08. The first-order valence-electron chi connectivity index (χ1n) is 5.08. The number of hydrogen-bond acceptors (Lipinski definition) is 4. The Hall–Kier alpha value is -0.760. The van der Waals surface area contributed by atoms with Gasteiger partial charge in [-0.1, -0.05) is 34.1 Å². The van der Waals surface area contributed by atoms with E-state index in [-0.39, 0.29) is 5.75 Å². The van der Waals surface area contributed by atoms with E-state index in [1.165, 1.54) is 11.3 Å². The molecule has 1 aromatic heterocycles. The van der Waals surface area contributed by atoms with Crippen LogP contribution in [-0.2, 0) is 15.8 Å². The smallest absolute Gasteiger partial charge is 0.215 e. The monoisotopic (exact) mass is 346 g/mol. The number of aromatic nitrogens is 1. The fourth-order valence-corrected chi connectivity index (χ4v) is 3.94. The minimum absolute atomic E-state index is 0.219. The van der Waals surface area contributed by atoms with Gasteiger partial charge in [0, 0.05) is 14.9 Å². The molecule has 2 N–H and O–H groups in total. The summed E-state index contributed by atoms with van der Waals surface area (Å²) in [4.78, 5) is 5.33. The van der Waals surface area contributed by atoms with Gasteiger partial charge in [-0.3, -0.25) is 0 Å². The van der Waals surface area contributed by atoms with Crippen molar-refractivity contribution in [1.29, 1.82) is 0 Å². The topological polar surface area (TPSA) is 73.1 Å². The van der Waals surface area contributed by atoms with Crippen molar-refractivity contribution >= 4 is 37.3 Å². The molecule has 2 rings (SSSR count). The lowest BCUT2D eigenvalue weighted by Crippen LogP contribution is -2.14. The highest BCUT2D eigenvalue weighted by atomic mass is 79.9. The molecule has 0 aliphatic rings. The highest BCUT2D eigenvalue weighted by Gasteiger charge is 2.15. The van der Waals surface area contributed by atoms with Crippen LogP contribution in [0.1, 0.15) is 9.88 Å². The van der Waals surface area contributed by atoms with E-state index in [2.05, 4.69) is 20.9 Å². The third-order valence-corrected chi connectivity index (χ3v) is 4.82. The highest BCUT2D eigenvalue weighted by Crippen LogP contribution is 2.32. The predicted octanol–water partition coefficient (Wildman–Crippen LogP) is 2.67. The second-order valence-electron chi connectivity index (χ2n) is 3.80. The van der Waals surface area contributed by atoms with E-state index >= 15 is 0 Å². The Morgan fingerprint density at radius 3 is 2.67 bits per heavy atom. The maximum Gasteiger partial charge on any atom is 0.215 e. The molecule has 0 aliphatic carbocycles. The molecule has 1 heterocycles. The molecule has 0 unspecified atom stereocenters. The molecule has 0 aliphatic heterocycles. The molecule has 18 heavy (non-hydrogen) atoms. The van der Waals surface area contributed by atoms with E-state index in [1.54, 1.807) is 0 Å². The zero-order chi connectivity index (χ0) is 13.3. The van der Waals surface area contributed by atoms with Crippen LogP contribution in [0.15, 0.2) is 28.7 Å². The first-order valence-corrected chi connectivity index (χ1v) is 8.41. The number of rotatable bonds is 3. The molecule has 2 aromatic rings. The van der Waals surface area contributed by atoms with Crippen molar-refractivity contribution in [3.63, 3.8) is 0 Å². The molecule has 0 amide bonds. The minimum Gasteiger partial charge on any atom is -0.240 e. The summed E-state index contributed by atoms with van der Waals surface area (Å²) in [5.41, 5.74) is 1.75. The zero-order valence-electron chi connectivity index (χ0n) is 9.55. The maximum absolute atomic E-state index is 11.1. The average molecular weight is 347 g/mol. The van der Waals surface area contributed by atoms with Gasteiger partial charge in [0.2, 0.25) is 10.0 Å². The second-order valence-corrected chi connectivity index (χ2v) is 7.56. The van der Waals surface area contributed by atoms with Crippen LogP contribution in [-0.4, -0.2) is 13.4 Å². The normalized spacial score (nSPS) is 11.7. The molecule has 0 bridgehead atoms. The van der Waals surface area contributed by atoms with Crippen LogP contribution in [0, 0.1) is 6.92 Å². The van der Waals surface area contributed by atoms with E-state index in [4.69, 9.17) is 5.14 Å². The Labute approximate surface area is 118 Å².